The summed E-state index contributed by atoms with van der Waals surface area (Å²) in [5, 5.41) is 0. The van der Waals surface area contributed by atoms with Crippen LogP contribution in [0.4, 0.5) is 0 Å². The molecule has 140 valence electrons. The molecule has 3 rings (SSSR count). The van der Waals surface area contributed by atoms with E-state index in [1.165, 1.54) is 16.0 Å². The van der Waals surface area contributed by atoms with E-state index >= 15 is 0 Å². The highest BCUT2D eigenvalue weighted by Crippen LogP contribution is 2.19. The summed E-state index contributed by atoms with van der Waals surface area (Å²) in [6, 6.07) is 15.6. The van der Waals surface area contributed by atoms with Gasteiger partial charge >= 0.3 is 0 Å². The molecule has 1 aliphatic heterocycles. The van der Waals surface area contributed by atoms with Crippen molar-refractivity contribution < 1.29 is 18.1 Å². The van der Waals surface area contributed by atoms with Crippen molar-refractivity contribution >= 4 is 10.0 Å². The fourth-order valence-electron chi connectivity index (χ4n) is 3.45. The maximum Gasteiger partial charge on any atom is 0.218 e. The second-order valence-corrected chi connectivity index (χ2v) is 8.85. The molecule has 26 heavy (non-hydrogen) atoms. The van der Waals surface area contributed by atoms with E-state index in [0.717, 1.165) is 30.9 Å². The van der Waals surface area contributed by atoms with Gasteiger partial charge in [-0.15, -0.1) is 0 Å². The Hall–Kier alpha value is -1.89. The van der Waals surface area contributed by atoms with Crippen molar-refractivity contribution in [3.63, 3.8) is 0 Å². The molecule has 1 N–H and O–H groups in total. The molecule has 2 aromatic carbocycles. The van der Waals surface area contributed by atoms with Crippen LogP contribution in [0.3, 0.4) is 0 Å². The number of aryl methyl sites for hydroxylation is 1. The number of quaternary nitrogens is 1. The first-order chi connectivity index (χ1) is 12.5. The van der Waals surface area contributed by atoms with Gasteiger partial charge in [-0.3, -0.25) is 0 Å². The topological polar surface area (TPSA) is 51.1 Å². The van der Waals surface area contributed by atoms with Gasteiger partial charge in [0.25, 0.3) is 0 Å². The van der Waals surface area contributed by atoms with Crippen LogP contribution in [0.5, 0.6) is 5.75 Å². The molecule has 0 saturated carbocycles. The summed E-state index contributed by atoms with van der Waals surface area (Å²) in [4.78, 5) is 1.39. The van der Waals surface area contributed by atoms with Gasteiger partial charge in [-0.1, -0.05) is 42.0 Å². The van der Waals surface area contributed by atoms with Gasteiger partial charge < -0.3 is 9.64 Å². The zero-order chi connectivity index (χ0) is 18.6. The zero-order valence-corrected chi connectivity index (χ0v) is 16.3. The summed E-state index contributed by atoms with van der Waals surface area (Å²) in [5.41, 5.74) is 3.24. The summed E-state index contributed by atoms with van der Waals surface area (Å²) in [7, 11) is -1.56. The Morgan fingerprint density at radius 3 is 2.42 bits per heavy atom. The third kappa shape index (κ3) is 4.63. The zero-order valence-electron chi connectivity index (χ0n) is 15.4. The molecule has 1 heterocycles. The first-order valence-electron chi connectivity index (χ1n) is 8.97. The van der Waals surface area contributed by atoms with Crippen molar-refractivity contribution in [2.24, 2.45) is 0 Å². The highest BCUT2D eigenvalue weighted by molar-refractivity contribution is 7.88. The monoisotopic (exact) mass is 375 g/mol. The number of nitrogens with one attached hydrogen (secondary N) is 1. The van der Waals surface area contributed by atoms with Crippen LogP contribution in [0.2, 0.25) is 0 Å². The minimum atomic E-state index is -3.26. The second kappa shape index (κ2) is 8.20. The van der Waals surface area contributed by atoms with Gasteiger partial charge in [0, 0.05) is 5.56 Å². The van der Waals surface area contributed by atoms with E-state index in [4.69, 9.17) is 4.74 Å². The average molecular weight is 376 g/mol. The lowest BCUT2D eigenvalue weighted by Crippen LogP contribution is -3.13. The summed E-state index contributed by atoms with van der Waals surface area (Å²) in [6.45, 7) is 5.69. The molecule has 2 aromatic rings. The molecule has 0 unspecified atom stereocenters. The van der Waals surface area contributed by atoms with Crippen LogP contribution in [0.15, 0.2) is 48.5 Å². The van der Waals surface area contributed by atoms with E-state index in [9.17, 15) is 8.42 Å². The maximum atomic E-state index is 12.7. The Bertz CT molecular complexity index is 829. The van der Waals surface area contributed by atoms with Gasteiger partial charge in [0.2, 0.25) is 10.0 Å². The number of hydrogen-bond acceptors (Lipinski definition) is 3. The number of rotatable bonds is 6. The summed E-state index contributed by atoms with van der Waals surface area (Å²) >= 11 is 0. The van der Waals surface area contributed by atoms with Crippen LogP contribution < -0.4 is 9.64 Å². The van der Waals surface area contributed by atoms with Crippen molar-refractivity contribution in [1.82, 2.24) is 4.31 Å². The van der Waals surface area contributed by atoms with Crippen LogP contribution in [-0.4, -0.2) is 46.0 Å². The Balaban J connectivity index is 1.60. The molecule has 0 atom stereocenters. The summed E-state index contributed by atoms with van der Waals surface area (Å²) < 4.78 is 32.4. The predicted molar refractivity (Wildman–Crippen MR) is 103 cm³/mol. The fourth-order valence-corrected chi connectivity index (χ4v) is 4.98. The highest BCUT2D eigenvalue weighted by Gasteiger charge is 2.29. The Morgan fingerprint density at radius 1 is 1.08 bits per heavy atom. The predicted octanol–water partition coefficient (Wildman–Crippen LogP) is 1.23. The lowest BCUT2D eigenvalue weighted by Gasteiger charge is -2.31. The van der Waals surface area contributed by atoms with Crippen LogP contribution in [0, 0.1) is 6.92 Å². The van der Waals surface area contributed by atoms with Crippen molar-refractivity contribution in [1.29, 1.82) is 0 Å². The van der Waals surface area contributed by atoms with Gasteiger partial charge in [-0.2, -0.15) is 4.31 Å². The molecular weight excluding hydrogens is 348 g/mol. The van der Waals surface area contributed by atoms with Crippen molar-refractivity contribution in [2.45, 2.75) is 19.2 Å². The molecule has 0 bridgehead atoms. The molecule has 1 aliphatic rings. The number of sulfonamides is 1. The largest absolute Gasteiger partial charge is 0.496 e. The number of benzene rings is 2. The number of hydrogen-bond donors (Lipinski definition) is 1. The van der Waals surface area contributed by atoms with Crippen LogP contribution in [0.25, 0.3) is 0 Å². The summed E-state index contributed by atoms with van der Waals surface area (Å²) in [5.74, 6) is 0.983. The van der Waals surface area contributed by atoms with Gasteiger partial charge in [0.1, 0.15) is 12.3 Å². The normalized spacial score (nSPS) is 16.5. The third-order valence-corrected chi connectivity index (χ3v) is 6.74. The van der Waals surface area contributed by atoms with E-state index in [2.05, 4.69) is 13.0 Å². The quantitative estimate of drug-likeness (QED) is 0.826. The van der Waals surface area contributed by atoms with Crippen LogP contribution in [-0.2, 0) is 22.3 Å². The number of piperazine rings is 1. The SMILES string of the molecule is COc1ccc(C)cc1C[NH+]1CCN(S(=O)(=O)Cc2ccccc2)CC1. The van der Waals surface area contributed by atoms with Crippen LogP contribution in [0.1, 0.15) is 16.7 Å². The molecule has 0 aliphatic carbocycles. The lowest BCUT2D eigenvalue weighted by atomic mass is 10.1. The highest BCUT2D eigenvalue weighted by atomic mass is 32.2. The molecule has 1 fully saturated rings. The summed E-state index contributed by atoms with van der Waals surface area (Å²) in [6.07, 6.45) is 0. The maximum absolute atomic E-state index is 12.7. The van der Waals surface area contributed by atoms with Gasteiger partial charge in [0.15, 0.2) is 0 Å². The molecule has 6 heteroatoms. The number of nitrogens with zero attached hydrogens (tertiary/aromatic N) is 1. The van der Waals surface area contributed by atoms with Crippen molar-refractivity contribution in [3.8, 4) is 5.75 Å². The third-order valence-electron chi connectivity index (χ3n) is 4.89. The molecule has 0 spiro atoms. The van der Waals surface area contributed by atoms with Crippen molar-refractivity contribution in [2.75, 3.05) is 33.3 Å². The fraction of sp³-hybridized carbons (Fsp3) is 0.400. The molecule has 0 aromatic heterocycles. The minimum absolute atomic E-state index is 0.0783. The lowest BCUT2D eigenvalue weighted by molar-refractivity contribution is -0.917. The molecule has 0 amide bonds. The van der Waals surface area contributed by atoms with Crippen LogP contribution >= 0.6 is 0 Å². The Morgan fingerprint density at radius 2 is 1.77 bits per heavy atom. The van der Waals surface area contributed by atoms with E-state index in [0.29, 0.717) is 13.1 Å². The standard InChI is InChI=1S/C20H26N2O3S/c1-17-8-9-20(25-2)19(14-17)15-21-10-12-22(13-11-21)26(23,24)16-18-6-4-3-5-7-18/h3-9,14H,10-13,15-16H2,1-2H3/p+1. The van der Waals surface area contributed by atoms with Crippen molar-refractivity contribution in [3.05, 3.63) is 65.2 Å². The van der Waals surface area contributed by atoms with E-state index in [1.54, 1.807) is 11.4 Å². The average Bonchev–Trinajstić information content (AvgIpc) is 2.63. The Labute approximate surface area is 156 Å². The number of ether oxygens (including phenoxy) is 1. The molecule has 1 saturated heterocycles. The van der Waals surface area contributed by atoms with Gasteiger partial charge in [0.05, 0.1) is 39.0 Å². The molecule has 0 radical (unpaired) electrons. The minimum Gasteiger partial charge on any atom is -0.496 e. The molecule has 5 nitrogen and oxygen atoms in total. The number of methoxy groups -OCH3 is 1. The second-order valence-electron chi connectivity index (χ2n) is 6.88. The van der Waals surface area contributed by atoms with E-state index in [1.807, 2.05) is 42.5 Å². The van der Waals surface area contributed by atoms with E-state index < -0.39 is 10.0 Å². The smallest absolute Gasteiger partial charge is 0.218 e. The first-order valence-corrected chi connectivity index (χ1v) is 10.6. The first kappa shape index (κ1) is 18.9. The van der Waals surface area contributed by atoms with Gasteiger partial charge in [-0.25, -0.2) is 8.42 Å². The van der Waals surface area contributed by atoms with Gasteiger partial charge in [-0.05, 0) is 24.6 Å². The van der Waals surface area contributed by atoms with E-state index in [-0.39, 0.29) is 5.75 Å². The molecular formula is C20H27N2O3S+. The Kier molecular flexibility index (Phi) is 5.96.